The Morgan fingerprint density at radius 3 is 2.86 bits per heavy atom. The molecule has 2 aromatic rings. The van der Waals surface area contributed by atoms with Crippen molar-refractivity contribution in [1.29, 1.82) is 0 Å². The summed E-state index contributed by atoms with van der Waals surface area (Å²) in [5.74, 6) is 0.224. The summed E-state index contributed by atoms with van der Waals surface area (Å²) in [6.45, 7) is 2.63. The number of likely N-dealkylation sites (N-methyl/N-ethyl adjacent to an activating group) is 1. The fourth-order valence-electron chi connectivity index (χ4n) is 2.82. The number of pyridine rings is 1. The van der Waals surface area contributed by atoms with Gasteiger partial charge in [0.25, 0.3) is 0 Å². The first kappa shape index (κ1) is 13.6. The number of nitrogens with zero attached hydrogens (tertiary/aromatic N) is 2. The fourth-order valence-corrected chi connectivity index (χ4v) is 2.82. The summed E-state index contributed by atoms with van der Waals surface area (Å²) < 4.78 is 0. The van der Waals surface area contributed by atoms with Crippen LogP contribution < -0.4 is 5.73 Å². The Morgan fingerprint density at radius 1 is 1.33 bits per heavy atom. The maximum absolute atomic E-state index is 10.3. The number of nitrogens with two attached hydrogens (primary N) is 1. The summed E-state index contributed by atoms with van der Waals surface area (Å²) in [5, 5.41) is 10.3. The molecule has 4 heteroatoms. The molecule has 0 radical (unpaired) electrons. The minimum absolute atomic E-state index is 0.112. The summed E-state index contributed by atoms with van der Waals surface area (Å²) in [4.78, 5) is 6.60. The highest BCUT2D eigenvalue weighted by Gasteiger charge is 2.27. The van der Waals surface area contributed by atoms with Gasteiger partial charge in [0.05, 0.1) is 6.04 Å². The number of rotatable bonds is 1. The normalized spacial score (nSPS) is 18.8. The predicted molar refractivity (Wildman–Crippen MR) is 83.7 cm³/mol. The van der Waals surface area contributed by atoms with Crippen LogP contribution in [0.3, 0.4) is 0 Å². The van der Waals surface area contributed by atoms with Gasteiger partial charge in [-0.25, -0.2) is 0 Å². The van der Waals surface area contributed by atoms with Crippen LogP contribution in [0.15, 0.2) is 42.6 Å². The summed E-state index contributed by atoms with van der Waals surface area (Å²) >= 11 is 0. The summed E-state index contributed by atoms with van der Waals surface area (Å²) in [5.41, 5.74) is 10.6. The molecule has 4 nitrogen and oxygen atoms in total. The van der Waals surface area contributed by atoms with Crippen molar-refractivity contribution < 1.29 is 5.11 Å². The molecule has 108 valence electrons. The lowest BCUT2D eigenvalue weighted by Crippen LogP contribution is -2.26. The number of aryl methyl sites for hydroxylation is 1. The summed E-state index contributed by atoms with van der Waals surface area (Å²) in [6, 6.07) is 9.66. The number of hydrogen-bond acceptors (Lipinski definition) is 4. The van der Waals surface area contributed by atoms with Gasteiger partial charge in [0, 0.05) is 24.0 Å². The molecule has 1 aromatic heterocycles. The van der Waals surface area contributed by atoms with Crippen LogP contribution in [0.1, 0.15) is 28.4 Å². The van der Waals surface area contributed by atoms with Gasteiger partial charge in [0.15, 0.2) is 0 Å². The van der Waals surface area contributed by atoms with Crippen molar-refractivity contribution in [3.8, 4) is 5.75 Å². The number of hydrogen-bond donors (Lipinski definition) is 2. The van der Waals surface area contributed by atoms with E-state index in [0.717, 1.165) is 22.4 Å². The highest BCUT2D eigenvalue weighted by Crippen LogP contribution is 2.36. The Bertz CT molecular complexity index is 709. The third-order valence-electron chi connectivity index (χ3n) is 3.90. The van der Waals surface area contributed by atoms with Crippen LogP contribution >= 0.6 is 0 Å². The molecule has 3 rings (SSSR count). The van der Waals surface area contributed by atoms with Gasteiger partial charge in [-0.05, 0) is 37.2 Å². The Balaban J connectivity index is 2.19. The quantitative estimate of drug-likeness (QED) is 0.842. The molecule has 0 amide bonds. The number of aromatic nitrogens is 1. The minimum atomic E-state index is -0.112. The van der Waals surface area contributed by atoms with Crippen molar-refractivity contribution in [2.24, 2.45) is 5.73 Å². The molecular formula is C17H19N3O. The monoisotopic (exact) mass is 281 g/mol. The highest BCUT2D eigenvalue weighted by molar-refractivity contribution is 5.68. The fraction of sp³-hybridized carbons (Fsp3) is 0.235. The van der Waals surface area contributed by atoms with E-state index in [1.807, 2.05) is 44.3 Å². The van der Waals surface area contributed by atoms with Gasteiger partial charge in [-0.1, -0.05) is 24.3 Å². The van der Waals surface area contributed by atoms with Gasteiger partial charge in [-0.2, -0.15) is 0 Å². The first-order valence-corrected chi connectivity index (χ1v) is 6.98. The number of benzene rings is 1. The van der Waals surface area contributed by atoms with Crippen LogP contribution in [0.25, 0.3) is 5.70 Å². The molecule has 1 unspecified atom stereocenters. The van der Waals surface area contributed by atoms with Gasteiger partial charge >= 0.3 is 0 Å². The second kappa shape index (κ2) is 5.22. The molecule has 0 fully saturated rings. The first-order valence-electron chi connectivity index (χ1n) is 6.98. The second-order valence-electron chi connectivity index (χ2n) is 5.51. The zero-order chi connectivity index (χ0) is 15.0. The zero-order valence-electron chi connectivity index (χ0n) is 12.2. The lowest BCUT2D eigenvalue weighted by atomic mass is 9.95. The van der Waals surface area contributed by atoms with Crippen LogP contribution in [0.2, 0.25) is 0 Å². The van der Waals surface area contributed by atoms with E-state index in [1.54, 1.807) is 12.3 Å². The van der Waals surface area contributed by atoms with E-state index < -0.39 is 0 Å². The molecule has 21 heavy (non-hydrogen) atoms. The Labute approximate surface area is 124 Å². The van der Waals surface area contributed by atoms with Gasteiger partial charge in [0.2, 0.25) is 0 Å². The second-order valence-corrected chi connectivity index (χ2v) is 5.51. The molecular weight excluding hydrogens is 262 g/mol. The van der Waals surface area contributed by atoms with Crippen molar-refractivity contribution in [2.75, 3.05) is 13.6 Å². The summed E-state index contributed by atoms with van der Waals surface area (Å²) in [7, 11) is 2.01. The van der Waals surface area contributed by atoms with Crippen LogP contribution in [0.5, 0.6) is 5.75 Å². The molecule has 1 aliphatic rings. The van der Waals surface area contributed by atoms with E-state index in [0.29, 0.717) is 12.2 Å². The third kappa shape index (κ3) is 2.38. The Kier molecular flexibility index (Phi) is 3.39. The van der Waals surface area contributed by atoms with Gasteiger partial charge in [-0.15, -0.1) is 0 Å². The van der Waals surface area contributed by atoms with Crippen molar-refractivity contribution in [2.45, 2.75) is 13.0 Å². The van der Waals surface area contributed by atoms with E-state index in [2.05, 4.69) is 9.88 Å². The van der Waals surface area contributed by atoms with Gasteiger partial charge < -0.3 is 10.8 Å². The van der Waals surface area contributed by atoms with Crippen LogP contribution in [-0.4, -0.2) is 28.6 Å². The summed E-state index contributed by atoms with van der Waals surface area (Å²) in [6.07, 6.45) is 3.79. The van der Waals surface area contributed by atoms with Gasteiger partial charge in [-0.3, -0.25) is 9.88 Å². The Morgan fingerprint density at radius 2 is 2.10 bits per heavy atom. The lowest BCUT2D eigenvalue weighted by molar-refractivity contribution is 0.297. The molecule has 0 spiro atoms. The molecule has 3 N–H and O–H groups in total. The van der Waals surface area contributed by atoms with Crippen LogP contribution in [0.4, 0.5) is 0 Å². The molecule has 1 atom stereocenters. The highest BCUT2D eigenvalue weighted by atomic mass is 16.3. The van der Waals surface area contributed by atoms with Crippen LogP contribution in [0, 0.1) is 6.92 Å². The van der Waals surface area contributed by atoms with Crippen molar-refractivity contribution in [3.63, 3.8) is 0 Å². The van der Waals surface area contributed by atoms with Crippen molar-refractivity contribution in [1.82, 2.24) is 9.88 Å². The van der Waals surface area contributed by atoms with Gasteiger partial charge in [0.1, 0.15) is 11.4 Å². The maximum atomic E-state index is 10.3. The molecule has 0 saturated carbocycles. The third-order valence-corrected chi connectivity index (χ3v) is 3.90. The van der Waals surface area contributed by atoms with E-state index in [1.165, 1.54) is 0 Å². The number of aromatic hydroxyl groups is 1. The predicted octanol–water partition coefficient (Wildman–Crippen LogP) is 2.43. The minimum Gasteiger partial charge on any atom is -0.506 e. The molecule has 1 aromatic carbocycles. The van der Waals surface area contributed by atoms with Crippen molar-refractivity contribution >= 4 is 5.70 Å². The van der Waals surface area contributed by atoms with Crippen molar-refractivity contribution in [3.05, 3.63) is 65.0 Å². The first-order chi connectivity index (χ1) is 10.1. The standard InChI is InChI=1S/C17H19N3O/c1-11-9-15(21)16(19-10-11)17-13-6-4-3-5-12(13)14(18)7-8-20(17)2/h3-7,9-10,17,21H,8,18H2,1-2H3. The molecule has 0 aliphatic carbocycles. The molecule has 2 heterocycles. The SMILES string of the molecule is Cc1cnc(C2c3ccccc3C(N)=CCN2C)c(O)c1. The van der Waals surface area contributed by atoms with E-state index >= 15 is 0 Å². The smallest absolute Gasteiger partial charge is 0.139 e. The average molecular weight is 281 g/mol. The molecule has 1 aliphatic heterocycles. The maximum Gasteiger partial charge on any atom is 0.139 e. The van der Waals surface area contributed by atoms with Crippen LogP contribution in [-0.2, 0) is 0 Å². The number of fused-ring (bicyclic) bond motifs is 1. The van der Waals surface area contributed by atoms with E-state index in [-0.39, 0.29) is 11.8 Å². The van der Waals surface area contributed by atoms with E-state index in [4.69, 9.17) is 5.73 Å². The lowest BCUT2D eigenvalue weighted by Gasteiger charge is -2.27. The molecule has 0 bridgehead atoms. The zero-order valence-corrected chi connectivity index (χ0v) is 12.2. The Hall–Kier alpha value is -2.33. The topological polar surface area (TPSA) is 62.4 Å². The van der Waals surface area contributed by atoms with E-state index in [9.17, 15) is 5.11 Å². The largest absolute Gasteiger partial charge is 0.506 e. The average Bonchev–Trinajstić information content (AvgIpc) is 2.59. The molecule has 0 saturated heterocycles.